The number of nitrogens with zero attached hydrogens (tertiary/aromatic N) is 5. The standard InChI is InChI=1S/C64H52N6/c1-3-15-49(45-68(53-30-24-47(43-65)25-31-53)57-36-38-62(67-52-18-9-5-10-19-52)60(41-57)51-16-7-4-8-17-51)40-46(2)50-28-34-56(35-29-50)69(55-32-26-48(44-66)27-33-55)58-37-39-64-61(42-58)59-22-13-14-23-63(59)70(64)54-20-11-6-12-21-54/h4-28,30-34,36-42,67H,3,29,35,45H2,1-2H3/b46-40+,49-15-. The summed E-state index contributed by atoms with van der Waals surface area (Å²) in [5.74, 6) is 0. The number of benzene rings is 8. The van der Waals surface area contributed by atoms with Crippen LogP contribution in [-0.4, -0.2) is 11.1 Å². The summed E-state index contributed by atoms with van der Waals surface area (Å²) in [6, 6.07) is 73.8. The molecule has 8 aromatic carbocycles. The molecule has 1 heterocycles. The van der Waals surface area contributed by atoms with Crippen molar-refractivity contribution in [2.75, 3.05) is 21.7 Å². The molecule has 0 saturated heterocycles. The molecule has 0 spiro atoms. The zero-order chi connectivity index (χ0) is 47.8. The Hall–Kier alpha value is -9.10. The average Bonchev–Trinajstić information content (AvgIpc) is 3.75. The number of fused-ring (bicyclic) bond motifs is 3. The van der Waals surface area contributed by atoms with Crippen molar-refractivity contribution in [3.05, 3.63) is 258 Å². The summed E-state index contributed by atoms with van der Waals surface area (Å²) >= 11 is 0. The first kappa shape index (κ1) is 44.7. The number of nitrogens with one attached hydrogen (secondary N) is 1. The zero-order valence-corrected chi connectivity index (χ0v) is 39.4. The molecular weight excluding hydrogens is 853 g/mol. The van der Waals surface area contributed by atoms with E-state index in [1.165, 1.54) is 38.7 Å². The summed E-state index contributed by atoms with van der Waals surface area (Å²) in [5, 5.41) is 25.5. The van der Waals surface area contributed by atoms with Crippen molar-refractivity contribution in [2.24, 2.45) is 0 Å². The van der Waals surface area contributed by atoms with Crippen LogP contribution in [0.1, 0.15) is 44.2 Å². The van der Waals surface area contributed by atoms with Gasteiger partial charge in [0.1, 0.15) is 0 Å². The normalized spacial score (nSPS) is 12.7. The molecule has 0 bridgehead atoms. The Morgan fingerprint density at radius 2 is 1.21 bits per heavy atom. The average molecular weight is 905 g/mol. The first-order valence-electron chi connectivity index (χ1n) is 23.9. The largest absolute Gasteiger partial charge is 0.355 e. The van der Waals surface area contributed by atoms with Crippen LogP contribution in [0.3, 0.4) is 0 Å². The molecule has 1 aliphatic carbocycles. The Morgan fingerprint density at radius 1 is 0.600 bits per heavy atom. The first-order chi connectivity index (χ1) is 34.5. The SMILES string of the molecule is CC/C=C(/C=C(\C)C1=CC=C(N(c2ccc(C#N)cc2)c2ccc3c(c2)c2ccccc2n3-c2ccccc2)CC1)CN(c1ccc(C#N)cc1)c1ccc(Nc2ccccc2)c(-c2ccccc2)c1. The van der Waals surface area contributed by atoms with Crippen LogP contribution in [0.25, 0.3) is 38.6 Å². The molecule has 0 saturated carbocycles. The number of rotatable bonds is 14. The third-order valence-corrected chi connectivity index (χ3v) is 13.1. The van der Waals surface area contributed by atoms with Crippen LogP contribution in [-0.2, 0) is 0 Å². The first-order valence-corrected chi connectivity index (χ1v) is 23.9. The molecule has 1 N–H and O–H groups in total. The third kappa shape index (κ3) is 9.40. The monoisotopic (exact) mass is 904 g/mol. The molecule has 0 atom stereocenters. The Morgan fingerprint density at radius 3 is 1.89 bits per heavy atom. The molecule has 10 rings (SSSR count). The van der Waals surface area contributed by atoms with E-state index in [4.69, 9.17) is 0 Å². The summed E-state index contributed by atoms with van der Waals surface area (Å²) < 4.78 is 2.34. The maximum Gasteiger partial charge on any atom is 0.0991 e. The summed E-state index contributed by atoms with van der Waals surface area (Å²) in [4.78, 5) is 4.70. The lowest BCUT2D eigenvalue weighted by Crippen LogP contribution is -2.20. The number of hydrogen-bond acceptors (Lipinski definition) is 5. The zero-order valence-electron chi connectivity index (χ0n) is 39.4. The maximum atomic E-state index is 9.72. The summed E-state index contributed by atoms with van der Waals surface area (Å²) in [6.45, 7) is 5.05. The van der Waals surface area contributed by atoms with Gasteiger partial charge in [0.15, 0.2) is 0 Å². The predicted octanol–water partition coefficient (Wildman–Crippen LogP) is 16.8. The van der Waals surface area contributed by atoms with Gasteiger partial charge in [-0.2, -0.15) is 10.5 Å². The van der Waals surface area contributed by atoms with Gasteiger partial charge in [-0.1, -0.05) is 110 Å². The van der Waals surface area contributed by atoms with Crippen LogP contribution in [0.4, 0.5) is 34.1 Å². The van der Waals surface area contributed by atoms with Gasteiger partial charge >= 0.3 is 0 Å². The van der Waals surface area contributed by atoms with Crippen molar-refractivity contribution < 1.29 is 0 Å². The highest BCUT2D eigenvalue weighted by molar-refractivity contribution is 6.10. The van der Waals surface area contributed by atoms with E-state index >= 15 is 0 Å². The fourth-order valence-electron chi connectivity index (χ4n) is 9.64. The fourth-order valence-corrected chi connectivity index (χ4v) is 9.64. The van der Waals surface area contributed by atoms with Crippen molar-refractivity contribution in [3.63, 3.8) is 0 Å². The van der Waals surface area contributed by atoms with Gasteiger partial charge in [-0.3, -0.25) is 0 Å². The van der Waals surface area contributed by atoms with Gasteiger partial charge < -0.3 is 19.7 Å². The predicted molar refractivity (Wildman–Crippen MR) is 291 cm³/mol. The number of allylic oxidation sites excluding steroid dienone is 6. The number of aromatic nitrogens is 1. The molecule has 6 heteroatoms. The second kappa shape index (κ2) is 20.4. The molecule has 70 heavy (non-hydrogen) atoms. The minimum absolute atomic E-state index is 0.626. The number of hydrogen-bond donors (Lipinski definition) is 1. The lowest BCUT2D eigenvalue weighted by molar-refractivity contribution is 0.879. The molecule has 0 amide bonds. The number of nitriles is 2. The van der Waals surface area contributed by atoms with Crippen LogP contribution >= 0.6 is 0 Å². The molecule has 1 aliphatic rings. The smallest absolute Gasteiger partial charge is 0.0991 e. The van der Waals surface area contributed by atoms with Crippen LogP contribution < -0.4 is 15.1 Å². The van der Waals surface area contributed by atoms with Crippen molar-refractivity contribution in [2.45, 2.75) is 33.1 Å². The molecule has 338 valence electrons. The van der Waals surface area contributed by atoms with Crippen LogP contribution in [0.15, 0.2) is 247 Å². The van der Waals surface area contributed by atoms with E-state index in [2.05, 4.69) is 210 Å². The fraction of sp³-hybridized carbons (Fsp3) is 0.0938. The van der Waals surface area contributed by atoms with Gasteiger partial charge in [0, 0.05) is 68.4 Å². The van der Waals surface area contributed by atoms with Crippen molar-refractivity contribution >= 4 is 55.9 Å². The molecule has 0 aliphatic heterocycles. The van der Waals surface area contributed by atoms with Gasteiger partial charge in [0.25, 0.3) is 0 Å². The van der Waals surface area contributed by atoms with Crippen molar-refractivity contribution in [1.82, 2.24) is 4.57 Å². The minimum Gasteiger partial charge on any atom is -0.355 e. The molecule has 0 unspecified atom stereocenters. The third-order valence-electron chi connectivity index (χ3n) is 13.1. The minimum atomic E-state index is 0.626. The van der Waals surface area contributed by atoms with Crippen LogP contribution in [0.5, 0.6) is 0 Å². The van der Waals surface area contributed by atoms with E-state index in [9.17, 15) is 10.5 Å². The Kier molecular flexibility index (Phi) is 13.0. The summed E-state index contributed by atoms with van der Waals surface area (Å²) in [6.07, 6.45) is 11.8. The lowest BCUT2D eigenvalue weighted by Gasteiger charge is -2.30. The van der Waals surface area contributed by atoms with Crippen molar-refractivity contribution in [1.29, 1.82) is 10.5 Å². The Bertz CT molecular complexity index is 3530. The molecule has 6 nitrogen and oxygen atoms in total. The van der Waals surface area contributed by atoms with Gasteiger partial charge in [-0.15, -0.1) is 0 Å². The lowest BCUT2D eigenvalue weighted by atomic mass is 9.94. The number of anilines is 6. The van der Waals surface area contributed by atoms with Crippen molar-refractivity contribution in [3.8, 4) is 29.0 Å². The quantitative estimate of drug-likeness (QED) is 0.110. The van der Waals surface area contributed by atoms with Crippen LogP contribution in [0.2, 0.25) is 0 Å². The highest BCUT2D eigenvalue weighted by Crippen LogP contribution is 2.41. The van der Waals surface area contributed by atoms with E-state index < -0.39 is 0 Å². The topological polar surface area (TPSA) is 71.0 Å². The molecule has 1 aromatic heterocycles. The van der Waals surface area contributed by atoms with E-state index in [0.29, 0.717) is 17.7 Å². The summed E-state index contributed by atoms with van der Waals surface area (Å²) in [5.41, 5.74) is 18.0. The van der Waals surface area contributed by atoms with E-state index in [0.717, 1.165) is 75.7 Å². The molecular formula is C64H52N6. The highest BCUT2D eigenvalue weighted by atomic mass is 15.2. The van der Waals surface area contributed by atoms with Gasteiger partial charge in [-0.25, -0.2) is 0 Å². The van der Waals surface area contributed by atoms with E-state index in [1.807, 2.05) is 60.7 Å². The van der Waals surface area contributed by atoms with Gasteiger partial charge in [-0.05, 0) is 170 Å². The molecule has 9 aromatic rings. The van der Waals surface area contributed by atoms with Gasteiger partial charge in [0.2, 0.25) is 0 Å². The molecule has 0 fully saturated rings. The number of para-hydroxylation sites is 3. The summed E-state index contributed by atoms with van der Waals surface area (Å²) in [7, 11) is 0. The second-order valence-electron chi connectivity index (χ2n) is 17.6. The second-order valence-corrected chi connectivity index (χ2v) is 17.6. The maximum absolute atomic E-state index is 9.72. The van der Waals surface area contributed by atoms with E-state index in [-0.39, 0.29) is 0 Å². The Balaban J connectivity index is 0.998. The van der Waals surface area contributed by atoms with Crippen LogP contribution in [0, 0.1) is 22.7 Å². The van der Waals surface area contributed by atoms with Gasteiger partial charge in [0.05, 0.1) is 34.3 Å². The Labute approximate surface area is 410 Å². The molecule has 0 radical (unpaired) electrons. The highest BCUT2D eigenvalue weighted by Gasteiger charge is 2.22. The van der Waals surface area contributed by atoms with E-state index in [1.54, 1.807) is 0 Å².